The van der Waals surface area contributed by atoms with Crippen molar-refractivity contribution in [1.82, 2.24) is 0 Å². The molecule has 0 radical (unpaired) electrons. The monoisotopic (exact) mass is 254 g/mol. The summed E-state index contributed by atoms with van der Waals surface area (Å²) in [6.07, 6.45) is 0.290. The fourth-order valence-electron chi connectivity index (χ4n) is 1.55. The standard InChI is InChI=1S/C10H10N2O6/c1-2-16-10(13)8-9(17-5-11-8)6-3-4-7(18-6)12(14)15/h3-5,8-9H,2H2,1H3. The number of esters is 1. The van der Waals surface area contributed by atoms with Gasteiger partial charge < -0.3 is 13.9 Å². The quantitative estimate of drug-likeness (QED) is 0.454. The molecular weight excluding hydrogens is 244 g/mol. The number of hydrogen-bond donors (Lipinski definition) is 0. The molecule has 1 aliphatic heterocycles. The smallest absolute Gasteiger partial charge is 0.433 e. The average molecular weight is 254 g/mol. The van der Waals surface area contributed by atoms with Crippen molar-refractivity contribution in [2.75, 3.05) is 6.61 Å². The zero-order valence-corrected chi connectivity index (χ0v) is 9.44. The van der Waals surface area contributed by atoms with E-state index in [0.29, 0.717) is 0 Å². The van der Waals surface area contributed by atoms with Gasteiger partial charge in [-0.25, -0.2) is 9.79 Å². The van der Waals surface area contributed by atoms with E-state index < -0.39 is 28.9 Å². The largest absolute Gasteiger partial charge is 0.469 e. The van der Waals surface area contributed by atoms with Crippen molar-refractivity contribution < 1.29 is 23.6 Å². The first-order chi connectivity index (χ1) is 8.63. The number of nitrogens with zero attached hydrogens (tertiary/aromatic N) is 2. The van der Waals surface area contributed by atoms with E-state index in [2.05, 4.69) is 4.99 Å². The molecule has 18 heavy (non-hydrogen) atoms. The third-order valence-electron chi connectivity index (χ3n) is 2.32. The van der Waals surface area contributed by atoms with Crippen LogP contribution in [-0.2, 0) is 14.3 Å². The van der Waals surface area contributed by atoms with Crippen molar-refractivity contribution >= 4 is 18.3 Å². The molecule has 2 rings (SSSR count). The SMILES string of the molecule is CCOC(=O)C1N=COC1c1ccc([N+](=O)[O-])o1. The number of aliphatic imine (C=N–C) groups is 1. The molecule has 0 aromatic carbocycles. The van der Waals surface area contributed by atoms with Crippen LogP contribution in [0.15, 0.2) is 21.5 Å². The fourth-order valence-corrected chi connectivity index (χ4v) is 1.55. The van der Waals surface area contributed by atoms with Crippen LogP contribution in [0.2, 0.25) is 0 Å². The van der Waals surface area contributed by atoms with E-state index in [0.717, 1.165) is 6.40 Å². The molecule has 0 bridgehead atoms. The average Bonchev–Trinajstić information content (AvgIpc) is 2.98. The molecule has 2 atom stereocenters. The predicted octanol–water partition coefficient (Wildman–Crippen LogP) is 1.22. The van der Waals surface area contributed by atoms with Gasteiger partial charge in [0.05, 0.1) is 12.7 Å². The Bertz CT molecular complexity index is 494. The maximum atomic E-state index is 11.6. The van der Waals surface area contributed by atoms with Gasteiger partial charge in [0.25, 0.3) is 0 Å². The molecular formula is C10H10N2O6. The molecule has 0 N–H and O–H groups in total. The Labute approximate surface area is 101 Å². The predicted molar refractivity (Wildman–Crippen MR) is 58.1 cm³/mol. The molecule has 0 aliphatic carbocycles. The Morgan fingerprint density at radius 2 is 2.39 bits per heavy atom. The summed E-state index contributed by atoms with van der Waals surface area (Å²) >= 11 is 0. The van der Waals surface area contributed by atoms with E-state index in [4.69, 9.17) is 13.9 Å². The third-order valence-corrected chi connectivity index (χ3v) is 2.32. The van der Waals surface area contributed by atoms with Crippen molar-refractivity contribution in [1.29, 1.82) is 0 Å². The highest BCUT2D eigenvalue weighted by Gasteiger charge is 2.38. The first kappa shape index (κ1) is 12.1. The van der Waals surface area contributed by atoms with E-state index in [-0.39, 0.29) is 12.4 Å². The molecule has 96 valence electrons. The fraction of sp³-hybridized carbons (Fsp3) is 0.400. The number of nitro groups is 1. The lowest BCUT2D eigenvalue weighted by molar-refractivity contribution is -0.402. The summed E-state index contributed by atoms with van der Waals surface area (Å²) in [6, 6.07) is 1.68. The van der Waals surface area contributed by atoms with Crippen molar-refractivity contribution in [3.05, 3.63) is 28.0 Å². The van der Waals surface area contributed by atoms with Crippen molar-refractivity contribution in [3.8, 4) is 0 Å². The summed E-state index contributed by atoms with van der Waals surface area (Å²) in [4.78, 5) is 25.2. The number of hydrogen-bond acceptors (Lipinski definition) is 7. The minimum atomic E-state index is -0.893. The maximum absolute atomic E-state index is 11.6. The second-order valence-electron chi connectivity index (χ2n) is 3.44. The zero-order valence-electron chi connectivity index (χ0n) is 9.44. The highest BCUT2D eigenvalue weighted by atomic mass is 16.7. The van der Waals surface area contributed by atoms with Gasteiger partial charge in [-0.3, -0.25) is 10.1 Å². The molecule has 0 spiro atoms. The van der Waals surface area contributed by atoms with Gasteiger partial charge in [0.2, 0.25) is 0 Å². The molecule has 1 aromatic heterocycles. The minimum Gasteiger partial charge on any atom is -0.469 e. The Morgan fingerprint density at radius 1 is 1.61 bits per heavy atom. The Kier molecular flexibility index (Phi) is 3.26. The zero-order chi connectivity index (χ0) is 13.1. The van der Waals surface area contributed by atoms with Crippen LogP contribution in [0.1, 0.15) is 18.8 Å². The Hall–Kier alpha value is -2.38. The van der Waals surface area contributed by atoms with Crippen LogP contribution in [-0.4, -0.2) is 29.9 Å². The van der Waals surface area contributed by atoms with Gasteiger partial charge in [-0.15, -0.1) is 0 Å². The normalized spacial score (nSPS) is 21.6. The summed E-state index contributed by atoms with van der Waals surface area (Å²) in [7, 11) is 0. The van der Waals surface area contributed by atoms with Crippen LogP contribution >= 0.6 is 0 Å². The van der Waals surface area contributed by atoms with E-state index in [1.54, 1.807) is 6.92 Å². The molecule has 2 unspecified atom stereocenters. The molecule has 1 aliphatic rings. The van der Waals surface area contributed by atoms with Gasteiger partial charge >= 0.3 is 11.9 Å². The molecule has 0 saturated heterocycles. The number of carbonyl (C=O) groups is 1. The summed E-state index contributed by atoms with van der Waals surface area (Å²) in [6.45, 7) is 1.89. The molecule has 8 heteroatoms. The van der Waals surface area contributed by atoms with Crippen LogP contribution in [0.5, 0.6) is 0 Å². The molecule has 0 saturated carbocycles. The van der Waals surface area contributed by atoms with Crippen LogP contribution in [0.3, 0.4) is 0 Å². The number of ether oxygens (including phenoxy) is 2. The molecule has 0 amide bonds. The highest BCUT2D eigenvalue weighted by molar-refractivity contribution is 5.80. The summed E-state index contributed by atoms with van der Waals surface area (Å²) in [5.74, 6) is -0.810. The topological polar surface area (TPSA) is 104 Å². The lowest BCUT2D eigenvalue weighted by Crippen LogP contribution is -2.26. The minimum absolute atomic E-state index is 0.164. The van der Waals surface area contributed by atoms with Crippen LogP contribution in [0.4, 0.5) is 5.88 Å². The first-order valence-corrected chi connectivity index (χ1v) is 5.21. The third kappa shape index (κ3) is 2.17. The second-order valence-corrected chi connectivity index (χ2v) is 3.44. The first-order valence-electron chi connectivity index (χ1n) is 5.21. The van der Waals surface area contributed by atoms with Crippen LogP contribution in [0, 0.1) is 10.1 Å². The van der Waals surface area contributed by atoms with Gasteiger partial charge in [-0.2, -0.15) is 0 Å². The van der Waals surface area contributed by atoms with Crippen LogP contribution in [0.25, 0.3) is 0 Å². The van der Waals surface area contributed by atoms with Crippen molar-refractivity contribution in [2.24, 2.45) is 4.99 Å². The van der Waals surface area contributed by atoms with E-state index in [1.807, 2.05) is 0 Å². The lowest BCUT2D eigenvalue weighted by Gasteiger charge is -2.13. The van der Waals surface area contributed by atoms with Gasteiger partial charge in [0.15, 0.2) is 24.3 Å². The molecule has 8 nitrogen and oxygen atoms in total. The van der Waals surface area contributed by atoms with E-state index in [1.165, 1.54) is 12.1 Å². The van der Waals surface area contributed by atoms with Gasteiger partial charge in [0.1, 0.15) is 4.92 Å². The Balaban J connectivity index is 2.16. The second kappa shape index (κ2) is 4.86. The molecule has 1 aromatic rings. The highest BCUT2D eigenvalue weighted by Crippen LogP contribution is 2.31. The summed E-state index contributed by atoms with van der Waals surface area (Å²) in [5, 5.41) is 10.5. The maximum Gasteiger partial charge on any atom is 0.433 e. The number of furan rings is 1. The van der Waals surface area contributed by atoms with Gasteiger partial charge in [-0.05, 0) is 13.0 Å². The molecule has 0 fully saturated rings. The van der Waals surface area contributed by atoms with Crippen LogP contribution < -0.4 is 0 Å². The Morgan fingerprint density at radius 3 is 3.00 bits per heavy atom. The van der Waals surface area contributed by atoms with Crippen molar-refractivity contribution in [3.63, 3.8) is 0 Å². The van der Waals surface area contributed by atoms with E-state index >= 15 is 0 Å². The van der Waals surface area contributed by atoms with E-state index in [9.17, 15) is 14.9 Å². The molecule has 2 heterocycles. The lowest BCUT2D eigenvalue weighted by atomic mass is 10.1. The van der Waals surface area contributed by atoms with Crippen molar-refractivity contribution in [2.45, 2.75) is 19.1 Å². The number of rotatable bonds is 4. The number of carbonyl (C=O) groups excluding carboxylic acids is 1. The van der Waals surface area contributed by atoms with Gasteiger partial charge in [0, 0.05) is 0 Å². The summed E-state index contributed by atoms with van der Waals surface area (Å²) in [5.41, 5.74) is 0. The summed E-state index contributed by atoms with van der Waals surface area (Å²) < 4.78 is 14.9. The van der Waals surface area contributed by atoms with Gasteiger partial charge in [-0.1, -0.05) is 0 Å².